The SMILES string of the molecule is CCCCN(Cc1cc(CO)ccc1OC)C(C)CC. The van der Waals surface area contributed by atoms with Crippen molar-refractivity contribution in [1.29, 1.82) is 0 Å². The average molecular weight is 279 g/mol. The summed E-state index contributed by atoms with van der Waals surface area (Å²) < 4.78 is 5.46. The lowest BCUT2D eigenvalue weighted by atomic mass is 10.1. The molecule has 0 aliphatic heterocycles. The van der Waals surface area contributed by atoms with Crippen molar-refractivity contribution in [1.82, 2.24) is 4.90 Å². The van der Waals surface area contributed by atoms with E-state index in [0.717, 1.165) is 36.4 Å². The molecule has 0 fully saturated rings. The molecule has 3 heteroatoms. The highest BCUT2D eigenvalue weighted by atomic mass is 16.5. The topological polar surface area (TPSA) is 32.7 Å². The van der Waals surface area contributed by atoms with Crippen LogP contribution >= 0.6 is 0 Å². The molecule has 0 bridgehead atoms. The van der Waals surface area contributed by atoms with E-state index in [1.165, 1.54) is 12.8 Å². The van der Waals surface area contributed by atoms with Crippen molar-refractivity contribution < 1.29 is 9.84 Å². The normalized spacial score (nSPS) is 12.7. The molecule has 1 unspecified atom stereocenters. The van der Waals surface area contributed by atoms with Crippen molar-refractivity contribution >= 4 is 0 Å². The van der Waals surface area contributed by atoms with Crippen LogP contribution in [0.25, 0.3) is 0 Å². The second kappa shape index (κ2) is 8.98. The molecule has 0 spiro atoms. The summed E-state index contributed by atoms with van der Waals surface area (Å²) in [7, 11) is 1.71. The summed E-state index contributed by atoms with van der Waals surface area (Å²) in [5.74, 6) is 0.909. The minimum absolute atomic E-state index is 0.0787. The van der Waals surface area contributed by atoms with E-state index in [-0.39, 0.29) is 6.61 Å². The van der Waals surface area contributed by atoms with Gasteiger partial charge < -0.3 is 9.84 Å². The molecule has 0 saturated carbocycles. The zero-order chi connectivity index (χ0) is 15.0. The maximum atomic E-state index is 9.30. The van der Waals surface area contributed by atoms with Gasteiger partial charge in [-0.3, -0.25) is 4.90 Å². The molecule has 0 amide bonds. The monoisotopic (exact) mass is 279 g/mol. The lowest BCUT2D eigenvalue weighted by Gasteiger charge is -2.29. The number of methoxy groups -OCH3 is 1. The van der Waals surface area contributed by atoms with Gasteiger partial charge in [0.2, 0.25) is 0 Å². The molecule has 0 radical (unpaired) electrons. The Morgan fingerprint density at radius 2 is 2.05 bits per heavy atom. The first-order valence-electron chi connectivity index (χ1n) is 7.66. The van der Waals surface area contributed by atoms with Crippen LogP contribution in [0.3, 0.4) is 0 Å². The molecule has 0 aromatic heterocycles. The van der Waals surface area contributed by atoms with Crippen LogP contribution in [0.15, 0.2) is 18.2 Å². The van der Waals surface area contributed by atoms with E-state index in [0.29, 0.717) is 6.04 Å². The van der Waals surface area contributed by atoms with Gasteiger partial charge in [-0.15, -0.1) is 0 Å². The predicted molar refractivity (Wildman–Crippen MR) is 84.0 cm³/mol. The van der Waals surface area contributed by atoms with Gasteiger partial charge in [-0.2, -0.15) is 0 Å². The summed E-state index contributed by atoms with van der Waals surface area (Å²) >= 11 is 0. The number of nitrogens with zero attached hydrogens (tertiary/aromatic N) is 1. The quantitative estimate of drug-likeness (QED) is 0.750. The smallest absolute Gasteiger partial charge is 0.123 e. The number of rotatable bonds is 9. The van der Waals surface area contributed by atoms with Gasteiger partial charge >= 0.3 is 0 Å². The van der Waals surface area contributed by atoms with E-state index < -0.39 is 0 Å². The van der Waals surface area contributed by atoms with E-state index in [1.54, 1.807) is 7.11 Å². The minimum atomic E-state index is 0.0787. The number of aliphatic hydroxyl groups is 1. The molecule has 0 aliphatic rings. The van der Waals surface area contributed by atoms with E-state index in [1.807, 2.05) is 12.1 Å². The number of unbranched alkanes of at least 4 members (excludes halogenated alkanes) is 1. The summed E-state index contributed by atoms with van der Waals surface area (Å²) in [5, 5.41) is 9.30. The number of ether oxygens (including phenoxy) is 1. The molecule has 1 rings (SSSR count). The third kappa shape index (κ3) is 4.80. The summed E-state index contributed by atoms with van der Waals surface area (Å²) in [6.45, 7) is 8.80. The fourth-order valence-electron chi connectivity index (χ4n) is 2.35. The van der Waals surface area contributed by atoms with Crippen LogP contribution in [0.1, 0.15) is 51.2 Å². The number of benzene rings is 1. The fraction of sp³-hybridized carbons (Fsp3) is 0.647. The number of aliphatic hydroxyl groups excluding tert-OH is 1. The lowest BCUT2D eigenvalue weighted by Crippen LogP contribution is -2.33. The van der Waals surface area contributed by atoms with Crippen LogP contribution in [-0.4, -0.2) is 29.7 Å². The fourth-order valence-corrected chi connectivity index (χ4v) is 2.35. The Bertz CT molecular complexity index is 393. The van der Waals surface area contributed by atoms with Crippen molar-refractivity contribution in [2.75, 3.05) is 13.7 Å². The first-order valence-corrected chi connectivity index (χ1v) is 7.66. The van der Waals surface area contributed by atoms with Crippen LogP contribution in [0, 0.1) is 0 Å². The maximum absolute atomic E-state index is 9.30. The first kappa shape index (κ1) is 17.0. The zero-order valence-corrected chi connectivity index (χ0v) is 13.4. The summed E-state index contributed by atoms with van der Waals surface area (Å²) in [5.41, 5.74) is 2.11. The lowest BCUT2D eigenvalue weighted by molar-refractivity contribution is 0.190. The van der Waals surface area contributed by atoms with Crippen molar-refractivity contribution in [2.24, 2.45) is 0 Å². The molecule has 114 valence electrons. The molecule has 1 atom stereocenters. The van der Waals surface area contributed by atoms with Crippen LogP contribution in [0.4, 0.5) is 0 Å². The number of hydrogen-bond donors (Lipinski definition) is 1. The van der Waals surface area contributed by atoms with E-state index >= 15 is 0 Å². The average Bonchev–Trinajstić information content (AvgIpc) is 2.50. The Kier molecular flexibility index (Phi) is 7.63. The van der Waals surface area contributed by atoms with Crippen LogP contribution < -0.4 is 4.74 Å². The van der Waals surface area contributed by atoms with Gasteiger partial charge in [0.05, 0.1) is 13.7 Å². The van der Waals surface area contributed by atoms with E-state index in [9.17, 15) is 5.11 Å². The standard InChI is InChI=1S/C17H29NO2/c1-5-7-10-18(14(3)6-2)12-16-11-15(13-19)8-9-17(16)20-4/h8-9,11,14,19H,5-7,10,12-13H2,1-4H3. The van der Waals surface area contributed by atoms with Crippen LogP contribution in [0.2, 0.25) is 0 Å². The Balaban J connectivity index is 2.90. The Morgan fingerprint density at radius 3 is 2.60 bits per heavy atom. The van der Waals surface area contributed by atoms with Crippen molar-refractivity contribution in [2.45, 2.75) is 59.2 Å². The van der Waals surface area contributed by atoms with Gasteiger partial charge in [0.25, 0.3) is 0 Å². The maximum Gasteiger partial charge on any atom is 0.123 e. The molecule has 0 heterocycles. The Hall–Kier alpha value is -1.06. The highest BCUT2D eigenvalue weighted by Gasteiger charge is 2.15. The molecule has 20 heavy (non-hydrogen) atoms. The van der Waals surface area contributed by atoms with E-state index in [4.69, 9.17) is 4.74 Å². The number of hydrogen-bond acceptors (Lipinski definition) is 3. The van der Waals surface area contributed by atoms with Crippen molar-refractivity contribution in [3.05, 3.63) is 29.3 Å². The first-order chi connectivity index (χ1) is 9.65. The third-order valence-electron chi connectivity index (χ3n) is 3.91. The molecule has 1 aromatic carbocycles. The molecule has 1 N–H and O–H groups in total. The van der Waals surface area contributed by atoms with Gasteiger partial charge in [-0.1, -0.05) is 26.3 Å². The largest absolute Gasteiger partial charge is 0.496 e. The second-order valence-corrected chi connectivity index (χ2v) is 5.39. The third-order valence-corrected chi connectivity index (χ3v) is 3.91. The Morgan fingerprint density at radius 1 is 1.30 bits per heavy atom. The molecule has 1 aromatic rings. The summed E-state index contributed by atoms with van der Waals surface area (Å²) in [4.78, 5) is 2.50. The molecule has 0 saturated heterocycles. The zero-order valence-electron chi connectivity index (χ0n) is 13.4. The highest BCUT2D eigenvalue weighted by Crippen LogP contribution is 2.23. The minimum Gasteiger partial charge on any atom is -0.496 e. The van der Waals surface area contributed by atoms with Crippen molar-refractivity contribution in [3.8, 4) is 5.75 Å². The van der Waals surface area contributed by atoms with Gasteiger partial charge in [0.15, 0.2) is 0 Å². The summed E-state index contributed by atoms with van der Waals surface area (Å²) in [6, 6.07) is 6.49. The predicted octanol–water partition coefficient (Wildman–Crippen LogP) is 3.59. The van der Waals surface area contributed by atoms with Gasteiger partial charge in [-0.05, 0) is 44.0 Å². The molecular formula is C17H29NO2. The highest BCUT2D eigenvalue weighted by molar-refractivity contribution is 5.37. The second-order valence-electron chi connectivity index (χ2n) is 5.39. The molecule has 3 nitrogen and oxygen atoms in total. The van der Waals surface area contributed by atoms with Crippen LogP contribution in [0.5, 0.6) is 5.75 Å². The van der Waals surface area contributed by atoms with Gasteiger partial charge in [0, 0.05) is 18.2 Å². The molecule has 0 aliphatic carbocycles. The van der Waals surface area contributed by atoms with Crippen molar-refractivity contribution in [3.63, 3.8) is 0 Å². The molecular weight excluding hydrogens is 250 g/mol. The van der Waals surface area contributed by atoms with Gasteiger partial charge in [0.1, 0.15) is 5.75 Å². The van der Waals surface area contributed by atoms with Gasteiger partial charge in [-0.25, -0.2) is 0 Å². The summed E-state index contributed by atoms with van der Waals surface area (Å²) in [6.07, 6.45) is 3.57. The van der Waals surface area contributed by atoms with Crippen LogP contribution in [-0.2, 0) is 13.2 Å². The van der Waals surface area contributed by atoms with E-state index in [2.05, 4.69) is 31.7 Å². The Labute approximate surface area is 123 Å².